The number of imidazole rings is 1. The van der Waals surface area contributed by atoms with E-state index >= 15 is 0 Å². The third-order valence-corrected chi connectivity index (χ3v) is 6.37. The molecule has 2 aromatic heterocycles. The van der Waals surface area contributed by atoms with Gasteiger partial charge in [0.1, 0.15) is 12.1 Å². The van der Waals surface area contributed by atoms with Crippen molar-refractivity contribution in [3.63, 3.8) is 0 Å². The van der Waals surface area contributed by atoms with Crippen molar-refractivity contribution in [2.24, 2.45) is 7.05 Å². The van der Waals surface area contributed by atoms with Crippen molar-refractivity contribution in [2.75, 3.05) is 4.90 Å². The number of carbonyl (C=O) groups excluding carboxylic acids is 1. The lowest BCUT2D eigenvalue weighted by Crippen LogP contribution is -2.30. The van der Waals surface area contributed by atoms with Crippen LogP contribution in [0, 0.1) is 12.7 Å². The van der Waals surface area contributed by atoms with Crippen molar-refractivity contribution >= 4 is 50.9 Å². The van der Waals surface area contributed by atoms with Gasteiger partial charge in [0.25, 0.3) is 5.91 Å². The SMILES string of the molecule is Cc1c2c(nn1C)C(=O)N(c1ccc3c(c1)ncn3SF)C2c1ccc(Br)cc1F. The fourth-order valence-corrected chi connectivity index (χ4v) is 4.58. The first-order valence-corrected chi connectivity index (χ1v) is 10.5. The highest BCUT2D eigenvalue weighted by Gasteiger charge is 2.44. The third kappa shape index (κ3) is 2.70. The van der Waals surface area contributed by atoms with Gasteiger partial charge in [0.15, 0.2) is 18.0 Å². The van der Waals surface area contributed by atoms with Crippen molar-refractivity contribution in [1.82, 2.24) is 18.7 Å². The normalized spacial score (nSPS) is 16.0. The minimum absolute atomic E-state index is 0.0459. The quantitative estimate of drug-likeness (QED) is 0.401. The lowest BCUT2D eigenvalue weighted by atomic mass is 9.98. The van der Waals surface area contributed by atoms with Gasteiger partial charge in [-0.1, -0.05) is 22.0 Å². The Labute approximate surface area is 183 Å². The van der Waals surface area contributed by atoms with Crippen molar-refractivity contribution < 1.29 is 13.1 Å². The van der Waals surface area contributed by atoms with Crippen molar-refractivity contribution in [1.29, 1.82) is 0 Å². The zero-order chi connectivity index (χ0) is 21.2. The molecule has 5 rings (SSSR count). The van der Waals surface area contributed by atoms with Gasteiger partial charge < -0.3 is 0 Å². The summed E-state index contributed by atoms with van der Waals surface area (Å²) >= 11 is 3.33. The van der Waals surface area contributed by atoms with Crippen molar-refractivity contribution in [2.45, 2.75) is 13.0 Å². The number of benzene rings is 2. The molecule has 0 radical (unpaired) electrons. The number of hydrogen-bond acceptors (Lipinski definition) is 4. The third-order valence-electron chi connectivity index (χ3n) is 5.44. The molecular weight excluding hydrogens is 476 g/mol. The highest BCUT2D eigenvalue weighted by atomic mass is 79.9. The number of nitrogens with zero attached hydrogens (tertiary/aromatic N) is 5. The van der Waals surface area contributed by atoms with Crippen LogP contribution in [0.15, 0.2) is 47.2 Å². The fourth-order valence-electron chi connectivity index (χ4n) is 3.94. The van der Waals surface area contributed by atoms with Gasteiger partial charge in [-0.25, -0.2) is 13.3 Å². The number of halogens is 3. The second-order valence-corrected chi connectivity index (χ2v) is 8.47. The van der Waals surface area contributed by atoms with E-state index in [-0.39, 0.29) is 18.2 Å². The summed E-state index contributed by atoms with van der Waals surface area (Å²) in [6.45, 7) is 1.86. The van der Waals surface area contributed by atoms with Crippen LogP contribution in [0.5, 0.6) is 0 Å². The summed E-state index contributed by atoms with van der Waals surface area (Å²) in [7, 11) is 1.76. The highest BCUT2D eigenvalue weighted by molar-refractivity contribution is 9.10. The number of amides is 1. The molecule has 3 heterocycles. The predicted octanol–water partition coefficient (Wildman–Crippen LogP) is 5.11. The smallest absolute Gasteiger partial charge is 0.280 e. The summed E-state index contributed by atoms with van der Waals surface area (Å²) in [5, 5.41) is 4.37. The van der Waals surface area contributed by atoms with E-state index in [0.717, 1.165) is 5.69 Å². The van der Waals surface area contributed by atoms with E-state index in [1.165, 1.54) is 21.3 Å². The maximum Gasteiger partial charge on any atom is 0.280 e. The molecule has 0 fully saturated rings. The van der Waals surface area contributed by atoms with Crippen LogP contribution in [-0.2, 0) is 7.05 Å². The van der Waals surface area contributed by atoms with Gasteiger partial charge in [-0.05, 0) is 37.3 Å². The molecular formula is C20H14BrF2N5OS. The topological polar surface area (TPSA) is 56.0 Å². The Morgan fingerprint density at radius 3 is 2.73 bits per heavy atom. The maximum absolute atomic E-state index is 15.0. The van der Waals surface area contributed by atoms with Gasteiger partial charge in [0, 0.05) is 34.0 Å². The van der Waals surface area contributed by atoms with E-state index in [2.05, 4.69) is 26.0 Å². The Hall–Kier alpha value is -2.72. The molecule has 0 saturated carbocycles. The Balaban J connectivity index is 1.72. The van der Waals surface area contributed by atoms with Gasteiger partial charge in [0.2, 0.25) is 0 Å². The van der Waals surface area contributed by atoms with Crippen molar-refractivity contribution in [3.8, 4) is 0 Å². The van der Waals surface area contributed by atoms with E-state index in [9.17, 15) is 13.1 Å². The minimum Gasteiger partial charge on any atom is -0.295 e. The summed E-state index contributed by atoms with van der Waals surface area (Å²) in [4.78, 5) is 19.1. The van der Waals surface area contributed by atoms with E-state index in [1.807, 2.05) is 6.92 Å². The van der Waals surface area contributed by atoms with Crippen LogP contribution in [0.2, 0.25) is 0 Å². The Kier molecular flexibility index (Phi) is 4.44. The lowest BCUT2D eigenvalue weighted by Gasteiger charge is -2.27. The summed E-state index contributed by atoms with van der Waals surface area (Å²) in [5.41, 5.74) is 3.77. The molecule has 10 heteroatoms. The minimum atomic E-state index is -0.676. The van der Waals surface area contributed by atoms with Gasteiger partial charge in [-0.15, -0.1) is 3.89 Å². The summed E-state index contributed by atoms with van der Waals surface area (Å²) in [6.07, 6.45) is 1.37. The molecule has 2 aromatic carbocycles. The fraction of sp³-hybridized carbons (Fsp3) is 0.150. The number of anilines is 1. The van der Waals surface area contributed by atoms with E-state index in [4.69, 9.17) is 0 Å². The van der Waals surface area contributed by atoms with Crippen LogP contribution in [0.1, 0.15) is 33.4 Å². The van der Waals surface area contributed by atoms with E-state index in [0.29, 0.717) is 38.0 Å². The average molecular weight is 490 g/mol. The molecule has 0 saturated heterocycles. The molecule has 4 aromatic rings. The van der Waals surface area contributed by atoms with Gasteiger partial charge in [0.05, 0.1) is 17.1 Å². The second kappa shape index (κ2) is 6.92. The number of aryl methyl sites for hydroxylation is 1. The van der Waals surface area contributed by atoms with Crippen LogP contribution in [0.3, 0.4) is 0 Å². The van der Waals surface area contributed by atoms with Crippen LogP contribution in [-0.4, -0.2) is 24.6 Å². The maximum atomic E-state index is 15.0. The molecule has 1 aliphatic rings. The van der Waals surface area contributed by atoms with Crippen LogP contribution in [0.4, 0.5) is 14.0 Å². The van der Waals surface area contributed by atoms with Crippen molar-refractivity contribution in [3.05, 3.63) is 75.5 Å². The zero-order valence-electron chi connectivity index (χ0n) is 15.8. The number of hydrogen-bond donors (Lipinski definition) is 0. The molecule has 1 aliphatic heterocycles. The Morgan fingerprint density at radius 2 is 2.00 bits per heavy atom. The molecule has 0 spiro atoms. The predicted molar refractivity (Wildman–Crippen MR) is 115 cm³/mol. The molecule has 0 bridgehead atoms. The largest absolute Gasteiger partial charge is 0.295 e. The van der Waals surface area contributed by atoms with E-state index < -0.39 is 11.9 Å². The average Bonchev–Trinajstić information content (AvgIpc) is 3.35. The second-order valence-electron chi connectivity index (χ2n) is 7.03. The van der Waals surface area contributed by atoms with Crippen LogP contribution in [0.25, 0.3) is 11.0 Å². The number of fused-ring (bicyclic) bond motifs is 2. The van der Waals surface area contributed by atoms with Gasteiger partial charge in [-0.3, -0.25) is 14.4 Å². The zero-order valence-corrected chi connectivity index (χ0v) is 18.2. The monoisotopic (exact) mass is 489 g/mol. The molecule has 0 aliphatic carbocycles. The standard InChI is InChI=1S/C20H14BrF2N5OS/c1-10-17-18(25-26(10)2)20(29)28(19(17)13-5-3-11(21)7-14(13)22)12-4-6-16-15(8-12)24-9-27(16)30-23/h3-9,19H,1-2H3. The summed E-state index contributed by atoms with van der Waals surface area (Å²) in [5.74, 6) is -0.748. The Morgan fingerprint density at radius 1 is 1.20 bits per heavy atom. The van der Waals surface area contributed by atoms with Gasteiger partial charge >= 0.3 is 0 Å². The first kappa shape index (κ1) is 19.3. The van der Waals surface area contributed by atoms with Crippen LogP contribution >= 0.6 is 28.3 Å². The molecule has 152 valence electrons. The first-order chi connectivity index (χ1) is 14.4. The molecule has 1 amide bonds. The molecule has 0 N–H and O–H groups in total. The summed E-state index contributed by atoms with van der Waals surface area (Å²) in [6, 6.07) is 9.21. The number of carbonyl (C=O) groups is 1. The van der Waals surface area contributed by atoms with Gasteiger partial charge in [-0.2, -0.15) is 5.10 Å². The molecule has 1 atom stereocenters. The molecule has 1 unspecified atom stereocenters. The number of aromatic nitrogens is 4. The number of rotatable bonds is 3. The molecule has 30 heavy (non-hydrogen) atoms. The summed E-state index contributed by atoms with van der Waals surface area (Å²) < 4.78 is 31.6. The van der Waals surface area contributed by atoms with Crippen LogP contribution < -0.4 is 4.90 Å². The molecule has 6 nitrogen and oxygen atoms in total. The lowest BCUT2D eigenvalue weighted by molar-refractivity contribution is 0.0988. The van der Waals surface area contributed by atoms with E-state index in [1.54, 1.807) is 42.1 Å². The first-order valence-electron chi connectivity index (χ1n) is 8.99. The Bertz CT molecular complexity index is 1330. The highest BCUT2D eigenvalue weighted by Crippen LogP contribution is 2.44.